The lowest BCUT2D eigenvalue weighted by atomic mass is 9.99. The molecule has 1 saturated heterocycles. The van der Waals surface area contributed by atoms with E-state index < -0.39 is 0 Å². The molecule has 0 atom stereocenters. The molecule has 33 heavy (non-hydrogen) atoms. The predicted octanol–water partition coefficient (Wildman–Crippen LogP) is 4.67. The van der Waals surface area contributed by atoms with Crippen LogP contribution in [0.3, 0.4) is 0 Å². The van der Waals surface area contributed by atoms with E-state index in [9.17, 15) is 4.79 Å². The number of aromatic nitrogens is 1. The van der Waals surface area contributed by atoms with Gasteiger partial charge in [-0.2, -0.15) is 0 Å². The molecule has 0 unspecified atom stereocenters. The summed E-state index contributed by atoms with van der Waals surface area (Å²) in [5, 5.41) is 0. The van der Waals surface area contributed by atoms with Crippen molar-refractivity contribution in [3.05, 3.63) is 48.3 Å². The number of methoxy groups -OCH3 is 1. The van der Waals surface area contributed by atoms with Gasteiger partial charge in [0.2, 0.25) is 0 Å². The fourth-order valence-corrected chi connectivity index (χ4v) is 5.06. The maximum atomic E-state index is 13.1. The molecular formula is C27H37N3O3. The van der Waals surface area contributed by atoms with Crippen molar-refractivity contribution in [2.45, 2.75) is 57.5 Å². The molecule has 2 aliphatic rings. The van der Waals surface area contributed by atoms with Crippen LogP contribution in [0.5, 0.6) is 0 Å². The molecule has 0 bridgehead atoms. The molecule has 1 amide bonds. The van der Waals surface area contributed by atoms with Crippen LogP contribution < -0.4 is 4.90 Å². The molecule has 1 aromatic carbocycles. The fraction of sp³-hybridized carbons (Fsp3) is 0.556. The Balaban J connectivity index is 1.73. The highest BCUT2D eigenvalue weighted by Crippen LogP contribution is 2.31. The standard InChI is InChI=1S/C27H37N3O3/c1-32-21-27(31)30-16-6-4-2-3-5-15-29(25-11-17-33-18-12-25)20-24-19-23(7-8-26(24)30)22-9-13-28-14-10-22/h7-10,13-14,19,25H,2-6,11-12,15-18,20-21H2,1H3. The van der Waals surface area contributed by atoms with E-state index in [4.69, 9.17) is 9.47 Å². The van der Waals surface area contributed by atoms with Crippen LogP contribution in [0.4, 0.5) is 5.69 Å². The summed E-state index contributed by atoms with van der Waals surface area (Å²) >= 11 is 0. The molecule has 2 aromatic rings. The van der Waals surface area contributed by atoms with Crippen molar-refractivity contribution in [1.29, 1.82) is 0 Å². The van der Waals surface area contributed by atoms with Crippen molar-refractivity contribution >= 4 is 11.6 Å². The second kappa shape index (κ2) is 12.3. The quantitative estimate of drug-likeness (QED) is 0.676. The van der Waals surface area contributed by atoms with Crippen LogP contribution >= 0.6 is 0 Å². The summed E-state index contributed by atoms with van der Waals surface area (Å²) in [6, 6.07) is 11.2. The highest BCUT2D eigenvalue weighted by Gasteiger charge is 2.25. The number of carbonyl (C=O) groups is 1. The lowest BCUT2D eigenvalue weighted by Crippen LogP contribution is -2.41. The molecule has 0 N–H and O–H groups in total. The minimum atomic E-state index is 0.0325. The van der Waals surface area contributed by atoms with Gasteiger partial charge in [-0.15, -0.1) is 0 Å². The van der Waals surface area contributed by atoms with E-state index in [1.807, 2.05) is 29.4 Å². The highest BCUT2D eigenvalue weighted by molar-refractivity contribution is 5.95. The lowest BCUT2D eigenvalue weighted by Gasteiger charge is -2.36. The number of hydrogen-bond acceptors (Lipinski definition) is 5. The maximum absolute atomic E-state index is 13.1. The monoisotopic (exact) mass is 451 g/mol. The molecule has 1 aromatic heterocycles. The molecule has 6 nitrogen and oxygen atoms in total. The second-order valence-corrected chi connectivity index (χ2v) is 9.14. The first kappa shape index (κ1) is 23.9. The molecule has 3 heterocycles. The number of nitrogens with zero attached hydrogens (tertiary/aromatic N) is 3. The molecule has 0 radical (unpaired) electrons. The second-order valence-electron chi connectivity index (χ2n) is 9.14. The smallest absolute Gasteiger partial charge is 0.252 e. The summed E-state index contributed by atoms with van der Waals surface area (Å²) in [4.78, 5) is 21.8. The van der Waals surface area contributed by atoms with Crippen LogP contribution in [-0.4, -0.2) is 61.9 Å². The number of pyridine rings is 1. The van der Waals surface area contributed by atoms with Crippen molar-refractivity contribution in [1.82, 2.24) is 9.88 Å². The number of hydrogen-bond donors (Lipinski definition) is 0. The number of rotatable bonds is 4. The minimum Gasteiger partial charge on any atom is -0.381 e. The van der Waals surface area contributed by atoms with Crippen LogP contribution in [0.2, 0.25) is 0 Å². The summed E-state index contributed by atoms with van der Waals surface area (Å²) in [5.41, 5.74) is 4.54. The predicted molar refractivity (Wildman–Crippen MR) is 131 cm³/mol. The number of carbonyl (C=O) groups excluding carboxylic acids is 1. The van der Waals surface area contributed by atoms with E-state index in [1.165, 1.54) is 24.8 Å². The molecule has 6 heteroatoms. The van der Waals surface area contributed by atoms with Gasteiger partial charge in [-0.1, -0.05) is 25.3 Å². The summed E-state index contributed by atoms with van der Waals surface area (Å²) in [5.74, 6) is 0.0325. The molecule has 0 aliphatic carbocycles. The topological polar surface area (TPSA) is 54.9 Å². The first-order chi connectivity index (χ1) is 16.3. The Morgan fingerprint density at radius 1 is 1.00 bits per heavy atom. The fourth-order valence-electron chi connectivity index (χ4n) is 5.06. The van der Waals surface area contributed by atoms with Crippen molar-refractivity contribution < 1.29 is 14.3 Å². The third kappa shape index (κ3) is 6.40. The van der Waals surface area contributed by atoms with E-state index in [0.717, 1.165) is 75.3 Å². The third-order valence-electron chi connectivity index (χ3n) is 6.86. The van der Waals surface area contributed by atoms with Crippen LogP contribution in [0.25, 0.3) is 11.1 Å². The SMILES string of the molecule is COCC(=O)N1CCCCCCCN(C2CCOCC2)Cc2cc(-c3ccncc3)ccc21. The van der Waals surface area contributed by atoms with Gasteiger partial charge in [0.1, 0.15) is 6.61 Å². The summed E-state index contributed by atoms with van der Waals surface area (Å²) in [6.07, 6.45) is 11.7. The molecule has 0 spiro atoms. The summed E-state index contributed by atoms with van der Waals surface area (Å²) < 4.78 is 10.9. The number of amides is 1. The van der Waals surface area contributed by atoms with Gasteiger partial charge in [0.25, 0.3) is 5.91 Å². The van der Waals surface area contributed by atoms with Crippen LogP contribution in [0, 0.1) is 0 Å². The maximum Gasteiger partial charge on any atom is 0.252 e. The van der Waals surface area contributed by atoms with Gasteiger partial charge in [-0.25, -0.2) is 0 Å². The normalized spacial score (nSPS) is 19.4. The van der Waals surface area contributed by atoms with Gasteiger partial charge >= 0.3 is 0 Å². The van der Waals surface area contributed by atoms with E-state index in [1.54, 1.807) is 7.11 Å². The zero-order valence-corrected chi connectivity index (χ0v) is 19.9. The molecule has 0 saturated carbocycles. The van der Waals surface area contributed by atoms with Crippen molar-refractivity contribution in [3.8, 4) is 11.1 Å². The van der Waals surface area contributed by atoms with Crippen molar-refractivity contribution in [3.63, 3.8) is 0 Å². The van der Waals surface area contributed by atoms with Gasteiger partial charge in [0.05, 0.1) is 0 Å². The number of benzene rings is 1. The Morgan fingerprint density at radius 3 is 2.48 bits per heavy atom. The Hall–Kier alpha value is -2.28. The first-order valence-corrected chi connectivity index (χ1v) is 12.4. The number of fused-ring (bicyclic) bond motifs is 1. The third-order valence-corrected chi connectivity index (χ3v) is 6.86. The van der Waals surface area contributed by atoms with Crippen molar-refractivity contribution in [2.24, 2.45) is 0 Å². The van der Waals surface area contributed by atoms with Gasteiger partial charge < -0.3 is 14.4 Å². The average Bonchev–Trinajstić information content (AvgIpc) is 2.85. The van der Waals surface area contributed by atoms with E-state index in [-0.39, 0.29) is 12.5 Å². The van der Waals surface area contributed by atoms with Crippen LogP contribution in [-0.2, 0) is 20.8 Å². The Bertz CT molecular complexity index is 883. The average molecular weight is 452 g/mol. The molecular weight excluding hydrogens is 414 g/mol. The number of ether oxygens (including phenoxy) is 2. The summed E-state index contributed by atoms with van der Waals surface area (Å²) in [6.45, 7) is 4.45. The molecule has 178 valence electrons. The van der Waals surface area contributed by atoms with Gasteiger partial charge in [0, 0.05) is 57.5 Å². The summed E-state index contributed by atoms with van der Waals surface area (Å²) in [7, 11) is 1.59. The highest BCUT2D eigenvalue weighted by atomic mass is 16.5. The zero-order valence-electron chi connectivity index (χ0n) is 19.9. The zero-order chi connectivity index (χ0) is 22.9. The van der Waals surface area contributed by atoms with Gasteiger partial charge in [0.15, 0.2) is 0 Å². The van der Waals surface area contributed by atoms with E-state index >= 15 is 0 Å². The Morgan fingerprint density at radius 2 is 1.73 bits per heavy atom. The molecule has 4 rings (SSSR count). The van der Waals surface area contributed by atoms with Gasteiger partial charge in [-0.05, 0) is 73.2 Å². The molecule has 1 fully saturated rings. The van der Waals surface area contributed by atoms with Crippen molar-refractivity contribution in [2.75, 3.05) is 44.9 Å². The first-order valence-electron chi connectivity index (χ1n) is 12.4. The Labute approximate surface area is 197 Å². The van der Waals surface area contributed by atoms with Gasteiger partial charge in [-0.3, -0.25) is 14.7 Å². The van der Waals surface area contributed by atoms with Crippen LogP contribution in [0.15, 0.2) is 42.7 Å². The largest absolute Gasteiger partial charge is 0.381 e. The van der Waals surface area contributed by atoms with E-state index in [2.05, 4.69) is 28.1 Å². The molecule has 2 aliphatic heterocycles. The Kier molecular flexibility index (Phi) is 8.86. The number of anilines is 1. The lowest BCUT2D eigenvalue weighted by molar-refractivity contribution is -0.122. The minimum absolute atomic E-state index is 0.0325. The van der Waals surface area contributed by atoms with E-state index in [0.29, 0.717) is 6.04 Å². The van der Waals surface area contributed by atoms with Crippen LogP contribution in [0.1, 0.15) is 50.5 Å².